The highest BCUT2D eigenvalue weighted by Crippen LogP contribution is 2.22. The van der Waals surface area contributed by atoms with E-state index >= 15 is 0 Å². The maximum absolute atomic E-state index is 5.86. The average Bonchev–Trinajstić information content (AvgIpc) is 2.38. The van der Waals surface area contributed by atoms with Gasteiger partial charge in [0.25, 0.3) is 0 Å². The Kier molecular flexibility index (Phi) is 3.95. The molecule has 0 saturated carbocycles. The number of hydrogen-bond donors (Lipinski definition) is 0. The maximum atomic E-state index is 5.86. The number of aromatic nitrogens is 1. The van der Waals surface area contributed by atoms with Gasteiger partial charge >= 0.3 is 0 Å². The number of halogens is 1. The molecular weight excluding hydrogens is 246 g/mol. The summed E-state index contributed by atoms with van der Waals surface area (Å²) < 4.78 is 0. The average molecular weight is 260 g/mol. The molecule has 3 nitrogen and oxygen atoms in total. The Labute approximate surface area is 112 Å². The molecule has 0 saturated heterocycles. The number of pyridine rings is 1. The molecule has 0 aliphatic carbocycles. The van der Waals surface area contributed by atoms with E-state index in [0.717, 1.165) is 16.1 Å². The minimum Gasteiger partial charge on any atom is -0.369 e. The van der Waals surface area contributed by atoms with E-state index in [1.807, 2.05) is 61.6 Å². The van der Waals surface area contributed by atoms with Gasteiger partial charge in [-0.25, -0.2) is 9.98 Å². The van der Waals surface area contributed by atoms with Gasteiger partial charge in [-0.2, -0.15) is 0 Å². The zero-order chi connectivity index (χ0) is 13.0. The van der Waals surface area contributed by atoms with E-state index in [4.69, 9.17) is 11.6 Å². The van der Waals surface area contributed by atoms with E-state index < -0.39 is 0 Å². The highest BCUT2D eigenvalue weighted by atomic mass is 35.5. The van der Waals surface area contributed by atoms with Crippen molar-refractivity contribution < 1.29 is 0 Å². The summed E-state index contributed by atoms with van der Waals surface area (Å²) in [6.45, 7) is 0. The molecule has 18 heavy (non-hydrogen) atoms. The number of nitrogens with zero attached hydrogens (tertiary/aromatic N) is 3. The van der Waals surface area contributed by atoms with Crippen LogP contribution in [0, 0.1) is 0 Å². The molecular formula is C14H14ClN3. The Morgan fingerprint density at radius 2 is 1.72 bits per heavy atom. The molecule has 2 aromatic rings. The quantitative estimate of drug-likeness (QED) is 0.622. The molecule has 0 aliphatic rings. The molecule has 0 amide bonds. The van der Waals surface area contributed by atoms with Crippen LogP contribution >= 0.6 is 11.6 Å². The van der Waals surface area contributed by atoms with E-state index in [1.165, 1.54) is 0 Å². The second-order valence-electron chi connectivity index (χ2n) is 4.12. The van der Waals surface area contributed by atoms with Gasteiger partial charge in [0.05, 0.1) is 6.34 Å². The van der Waals surface area contributed by atoms with Crippen molar-refractivity contribution in [1.29, 1.82) is 0 Å². The van der Waals surface area contributed by atoms with Crippen LogP contribution in [0.2, 0.25) is 5.02 Å². The van der Waals surface area contributed by atoms with Crippen LogP contribution in [-0.2, 0) is 0 Å². The van der Waals surface area contributed by atoms with Crippen LogP contribution in [0.3, 0.4) is 0 Å². The largest absolute Gasteiger partial charge is 0.369 e. The summed E-state index contributed by atoms with van der Waals surface area (Å²) in [5.74, 6) is 0.696. The zero-order valence-electron chi connectivity index (χ0n) is 10.3. The summed E-state index contributed by atoms with van der Waals surface area (Å²) in [6.07, 6.45) is 3.54. The first-order valence-electron chi connectivity index (χ1n) is 5.58. The third-order valence-corrected chi connectivity index (χ3v) is 2.60. The molecule has 1 aromatic heterocycles. The normalized spacial score (nSPS) is 10.8. The standard InChI is InChI=1S/C14H14ClN3/c1-18(2)10-17-14-8-5-12(9-16-14)11-3-6-13(15)7-4-11/h3-10H,1-2H3/b17-10+. The molecule has 0 N–H and O–H groups in total. The molecule has 2 rings (SSSR count). The molecule has 92 valence electrons. The highest BCUT2D eigenvalue weighted by Gasteiger charge is 1.98. The van der Waals surface area contributed by atoms with E-state index in [1.54, 1.807) is 6.34 Å². The lowest BCUT2D eigenvalue weighted by molar-refractivity contribution is 0.643. The Hall–Kier alpha value is -1.87. The molecule has 1 heterocycles. The van der Waals surface area contributed by atoms with Crippen molar-refractivity contribution in [1.82, 2.24) is 9.88 Å². The fraction of sp³-hybridized carbons (Fsp3) is 0.143. The monoisotopic (exact) mass is 259 g/mol. The van der Waals surface area contributed by atoms with Crippen LogP contribution in [0.15, 0.2) is 47.6 Å². The second-order valence-corrected chi connectivity index (χ2v) is 4.56. The van der Waals surface area contributed by atoms with Gasteiger partial charge in [0.2, 0.25) is 0 Å². The van der Waals surface area contributed by atoms with E-state index in [9.17, 15) is 0 Å². The maximum Gasteiger partial charge on any atom is 0.153 e. The minimum absolute atomic E-state index is 0.696. The molecule has 0 aliphatic heterocycles. The molecule has 0 bridgehead atoms. The molecule has 0 fully saturated rings. The predicted molar refractivity (Wildman–Crippen MR) is 76.5 cm³/mol. The van der Waals surface area contributed by atoms with Crippen LogP contribution in [0.25, 0.3) is 11.1 Å². The molecule has 0 radical (unpaired) electrons. The van der Waals surface area contributed by atoms with Gasteiger partial charge in [-0.3, -0.25) is 0 Å². The highest BCUT2D eigenvalue weighted by molar-refractivity contribution is 6.30. The first kappa shape index (κ1) is 12.6. The fourth-order valence-corrected chi connectivity index (χ4v) is 1.58. The van der Waals surface area contributed by atoms with Gasteiger partial charge in [0.15, 0.2) is 5.82 Å². The summed E-state index contributed by atoms with van der Waals surface area (Å²) in [5.41, 5.74) is 2.14. The lowest BCUT2D eigenvalue weighted by Gasteiger charge is -2.03. The van der Waals surface area contributed by atoms with Crippen LogP contribution in [0.1, 0.15) is 0 Å². The van der Waals surface area contributed by atoms with Crippen molar-refractivity contribution >= 4 is 23.8 Å². The van der Waals surface area contributed by atoms with E-state index in [2.05, 4.69) is 9.98 Å². The molecule has 4 heteroatoms. The number of rotatable bonds is 3. The molecule has 0 unspecified atom stereocenters. The van der Waals surface area contributed by atoms with Crippen LogP contribution in [0.5, 0.6) is 0 Å². The summed E-state index contributed by atoms with van der Waals surface area (Å²) in [7, 11) is 3.84. The lowest BCUT2D eigenvalue weighted by Crippen LogP contribution is -2.07. The van der Waals surface area contributed by atoms with Crippen LogP contribution < -0.4 is 0 Å². The van der Waals surface area contributed by atoms with Crippen molar-refractivity contribution in [2.24, 2.45) is 4.99 Å². The Morgan fingerprint density at radius 3 is 2.28 bits per heavy atom. The van der Waals surface area contributed by atoms with Crippen molar-refractivity contribution in [3.05, 3.63) is 47.6 Å². The van der Waals surface area contributed by atoms with Crippen molar-refractivity contribution in [3.8, 4) is 11.1 Å². The van der Waals surface area contributed by atoms with Gasteiger partial charge in [-0.05, 0) is 29.8 Å². The first-order chi connectivity index (χ1) is 8.65. The van der Waals surface area contributed by atoms with Crippen molar-refractivity contribution in [2.45, 2.75) is 0 Å². The Balaban J connectivity index is 2.19. The van der Waals surface area contributed by atoms with Crippen molar-refractivity contribution in [2.75, 3.05) is 14.1 Å². The topological polar surface area (TPSA) is 28.5 Å². The van der Waals surface area contributed by atoms with Gasteiger partial charge in [-0.15, -0.1) is 0 Å². The van der Waals surface area contributed by atoms with Gasteiger partial charge in [0, 0.05) is 30.9 Å². The van der Waals surface area contributed by atoms with Gasteiger partial charge in [-0.1, -0.05) is 23.7 Å². The van der Waals surface area contributed by atoms with Crippen molar-refractivity contribution in [3.63, 3.8) is 0 Å². The molecule has 0 atom stereocenters. The second kappa shape index (κ2) is 5.65. The third kappa shape index (κ3) is 3.31. The van der Waals surface area contributed by atoms with Crippen LogP contribution in [0.4, 0.5) is 5.82 Å². The van der Waals surface area contributed by atoms with E-state index in [0.29, 0.717) is 5.82 Å². The Morgan fingerprint density at radius 1 is 1.06 bits per heavy atom. The minimum atomic E-state index is 0.696. The lowest BCUT2D eigenvalue weighted by atomic mass is 10.1. The zero-order valence-corrected chi connectivity index (χ0v) is 11.1. The number of hydrogen-bond acceptors (Lipinski definition) is 2. The summed E-state index contributed by atoms with van der Waals surface area (Å²) >= 11 is 5.86. The molecule has 1 aromatic carbocycles. The predicted octanol–water partition coefficient (Wildman–Crippen LogP) is 3.62. The van der Waals surface area contributed by atoms with Gasteiger partial charge < -0.3 is 4.90 Å². The van der Waals surface area contributed by atoms with Gasteiger partial charge in [0.1, 0.15) is 0 Å². The fourth-order valence-electron chi connectivity index (χ4n) is 1.45. The van der Waals surface area contributed by atoms with E-state index in [-0.39, 0.29) is 0 Å². The summed E-state index contributed by atoms with van der Waals surface area (Å²) in [4.78, 5) is 10.4. The number of aliphatic imine (C=N–C) groups is 1. The smallest absolute Gasteiger partial charge is 0.153 e. The third-order valence-electron chi connectivity index (χ3n) is 2.35. The summed E-state index contributed by atoms with van der Waals surface area (Å²) in [5, 5.41) is 0.735. The molecule has 0 spiro atoms. The SMILES string of the molecule is CN(C)/C=N/c1ccc(-c2ccc(Cl)cc2)cn1. The number of benzene rings is 1. The summed E-state index contributed by atoms with van der Waals surface area (Å²) in [6, 6.07) is 11.6. The van der Waals surface area contributed by atoms with Crippen LogP contribution in [-0.4, -0.2) is 30.3 Å². The first-order valence-corrected chi connectivity index (χ1v) is 5.95. The Bertz CT molecular complexity index is 530.